The third-order valence-corrected chi connectivity index (χ3v) is 7.92. The quantitative estimate of drug-likeness (QED) is 0.406. The summed E-state index contributed by atoms with van der Waals surface area (Å²) in [6.45, 7) is 4.44. The Balaban J connectivity index is 1.58. The fourth-order valence-corrected chi connectivity index (χ4v) is 5.61. The Hall–Kier alpha value is -3.13. The average Bonchev–Trinajstić information content (AvgIpc) is 3.34. The molecule has 1 amide bonds. The molecule has 0 bridgehead atoms. The molecule has 1 fully saturated rings. The van der Waals surface area contributed by atoms with Crippen LogP contribution in [0.4, 0.5) is 15.8 Å². The molecule has 0 radical (unpaired) electrons. The molecule has 8 heteroatoms. The van der Waals surface area contributed by atoms with E-state index in [0.717, 1.165) is 62.0 Å². The summed E-state index contributed by atoms with van der Waals surface area (Å²) in [7, 11) is 1.71. The van der Waals surface area contributed by atoms with E-state index in [1.165, 1.54) is 6.07 Å². The largest absolute Gasteiger partial charge is 0.344 e. The van der Waals surface area contributed by atoms with Crippen LogP contribution in [0.15, 0.2) is 36.5 Å². The summed E-state index contributed by atoms with van der Waals surface area (Å²) in [5.74, 6) is -1.22. The van der Waals surface area contributed by atoms with Crippen molar-refractivity contribution < 1.29 is 14.0 Å². The smallest absolute Gasteiger partial charge is 0.237 e. The fourth-order valence-electron chi connectivity index (χ4n) is 5.61. The molecule has 37 heavy (non-hydrogen) atoms. The van der Waals surface area contributed by atoms with Crippen LogP contribution in [0, 0.1) is 17.1 Å². The van der Waals surface area contributed by atoms with Crippen molar-refractivity contribution in [1.29, 1.82) is 5.41 Å². The van der Waals surface area contributed by atoms with Gasteiger partial charge in [-0.2, -0.15) is 0 Å². The molecule has 2 heterocycles. The summed E-state index contributed by atoms with van der Waals surface area (Å²) in [5, 5.41) is 14.8. The van der Waals surface area contributed by atoms with E-state index in [0.29, 0.717) is 12.1 Å². The SMILES string of the molecule is CC[C@H](C(=N)C(=O)[C@@H](NC(=O)[C@H](C)NC)C1CCCCC1)c1cc(N2CCc3cc(F)ccc32)ccn1. The number of anilines is 2. The van der Waals surface area contributed by atoms with Crippen LogP contribution in [0.2, 0.25) is 0 Å². The second-order valence-electron chi connectivity index (χ2n) is 10.2. The van der Waals surface area contributed by atoms with Gasteiger partial charge < -0.3 is 20.9 Å². The Morgan fingerprint density at radius 3 is 2.65 bits per heavy atom. The van der Waals surface area contributed by atoms with Crippen LogP contribution < -0.4 is 15.5 Å². The Labute approximate surface area is 218 Å². The number of nitrogens with zero attached hydrogens (tertiary/aromatic N) is 2. The van der Waals surface area contributed by atoms with Crippen molar-refractivity contribution in [2.24, 2.45) is 5.92 Å². The highest BCUT2D eigenvalue weighted by Gasteiger charge is 2.36. The van der Waals surface area contributed by atoms with Gasteiger partial charge in [-0.05, 0) is 81.5 Å². The van der Waals surface area contributed by atoms with Gasteiger partial charge in [0.2, 0.25) is 5.91 Å². The van der Waals surface area contributed by atoms with Gasteiger partial charge in [0.15, 0.2) is 5.78 Å². The number of carbonyl (C=O) groups excluding carboxylic acids is 2. The molecule has 0 spiro atoms. The highest BCUT2D eigenvalue weighted by molar-refractivity contribution is 6.42. The van der Waals surface area contributed by atoms with Gasteiger partial charge in [-0.1, -0.05) is 26.2 Å². The number of nitrogens with one attached hydrogen (secondary N) is 3. The van der Waals surface area contributed by atoms with E-state index >= 15 is 0 Å². The molecule has 4 rings (SSSR count). The Morgan fingerprint density at radius 2 is 1.95 bits per heavy atom. The van der Waals surface area contributed by atoms with Crippen molar-refractivity contribution >= 4 is 28.8 Å². The zero-order chi connectivity index (χ0) is 26.5. The Bertz CT molecular complexity index is 1150. The molecule has 3 N–H and O–H groups in total. The lowest BCUT2D eigenvalue weighted by atomic mass is 9.79. The van der Waals surface area contributed by atoms with Gasteiger partial charge in [0.25, 0.3) is 0 Å². The van der Waals surface area contributed by atoms with Crippen molar-refractivity contribution in [2.45, 2.75) is 76.8 Å². The van der Waals surface area contributed by atoms with Crippen LogP contribution in [0.3, 0.4) is 0 Å². The van der Waals surface area contributed by atoms with E-state index in [2.05, 4.69) is 20.5 Å². The molecule has 1 aromatic heterocycles. The van der Waals surface area contributed by atoms with Gasteiger partial charge >= 0.3 is 0 Å². The number of benzene rings is 1. The highest BCUT2D eigenvalue weighted by atomic mass is 19.1. The van der Waals surface area contributed by atoms with Crippen molar-refractivity contribution in [3.05, 3.63) is 53.6 Å². The molecule has 2 aromatic rings. The standard InChI is InChI=1S/C29H38FN5O2/c1-4-23(24-17-22(12-14-33-24)35-15-13-20-16-21(30)10-11-25(20)35)26(31)28(36)27(19-8-6-5-7-9-19)34-29(37)18(2)32-3/h10-12,14,16-19,23,27,31-32H,4-9,13,15H2,1-3H3,(H,34,37)/t18-,23-,27-/m0/s1. The normalized spacial score (nSPS) is 18.1. The molecule has 0 unspecified atom stereocenters. The average molecular weight is 508 g/mol. The number of hydrogen-bond donors (Lipinski definition) is 3. The minimum absolute atomic E-state index is 0.0102. The number of rotatable bonds is 10. The van der Waals surface area contributed by atoms with E-state index in [-0.39, 0.29) is 29.1 Å². The first-order valence-electron chi connectivity index (χ1n) is 13.5. The van der Waals surface area contributed by atoms with Crippen LogP contribution in [-0.4, -0.2) is 48.1 Å². The predicted molar refractivity (Wildman–Crippen MR) is 144 cm³/mol. The van der Waals surface area contributed by atoms with Crippen LogP contribution in [0.5, 0.6) is 0 Å². The van der Waals surface area contributed by atoms with Crippen molar-refractivity contribution in [3.63, 3.8) is 0 Å². The topological polar surface area (TPSA) is 98.2 Å². The van der Waals surface area contributed by atoms with Crippen LogP contribution in [-0.2, 0) is 16.0 Å². The van der Waals surface area contributed by atoms with Gasteiger partial charge in [-0.3, -0.25) is 14.6 Å². The van der Waals surface area contributed by atoms with Crippen LogP contribution in [0.25, 0.3) is 0 Å². The second-order valence-corrected chi connectivity index (χ2v) is 10.2. The maximum absolute atomic E-state index is 13.8. The number of fused-ring (bicyclic) bond motifs is 1. The first-order chi connectivity index (χ1) is 17.8. The highest BCUT2D eigenvalue weighted by Crippen LogP contribution is 2.36. The van der Waals surface area contributed by atoms with Gasteiger partial charge in [-0.25, -0.2) is 4.39 Å². The number of amides is 1. The lowest BCUT2D eigenvalue weighted by molar-refractivity contribution is -0.127. The van der Waals surface area contributed by atoms with Crippen LogP contribution in [0.1, 0.15) is 69.5 Å². The van der Waals surface area contributed by atoms with Crippen LogP contribution >= 0.6 is 0 Å². The van der Waals surface area contributed by atoms with Crippen molar-refractivity contribution in [2.75, 3.05) is 18.5 Å². The minimum atomic E-state index is -0.700. The van der Waals surface area contributed by atoms with Crippen molar-refractivity contribution in [1.82, 2.24) is 15.6 Å². The summed E-state index contributed by atoms with van der Waals surface area (Å²) in [5.41, 5.74) is 3.50. The number of halogens is 1. The summed E-state index contributed by atoms with van der Waals surface area (Å²) < 4.78 is 13.7. The second kappa shape index (κ2) is 11.9. The van der Waals surface area contributed by atoms with Gasteiger partial charge in [0.1, 0.15) is 5.82 Å². The number of Topliss-reactive ketones (excluding diaryl/α,β-unsaturated/α-hetero) is 1. The molecular formula is C29H38FN5O2. The van der Waals surface area contributed by atoms with E-state index in [4.69, 9.17) is 5.41 Å². The number of hydrogen-bond acceptors (Lipinski definition) is 6. The minimum Gasteiger partial charge on any atom is -0.344 e. The zero-order valence-electron chi connectivity index (χ0n) is 22.0. The number of carbonyl (C=O) groups is 2. The maximum atomic E-state index is 13.8. The molecule has 0 saturated heterocycles. The first-order valence-corrected chi connectivity index (χ1v) is 13.5. The van der Waals surface area contributed by atoms with E-state index in [9.17, 15) is 14.0 Å². The summed E-state index contributed by atoms with van der Waals surface area (Å²) in [4.78, 5) is 33.2. The number of likely N-dealkylation sites (N-methyl/N-ethyl adjacent to an activating group) is 1. The van der Waals surface area contributed by atoms with Gasteiger partial charge in [0, 0.05) is 30.0 Å². The molecule has 1 saturated carbocycles. The predicted octanol–water partition coefficient (Wildman–Crippen LogP) is 4.67. The van der Waals surface area contributed by atoms with Gasteiger partial charge in [0.05, 0.1) is 23.5 Å². The molecule has 1 aliphatic carbocycles. The summed E-state index contributed by atoms with van der Waals surface area (Å²) >= 11 is 0. The number of pyridine rings is 1. The lowest BCUT2D eigenvalue weighted by Gasteiger charge is -2.32. The first kappa shape index (κ1) is 26.9. The zero-order valence-corrected chi connectivity index (χ0v) is 22.0. The maximum Gasteiger partial charge on any atom is 0.237 e. The molecule has 7 nitrogen and oxygen atoms in total. The monoisotopic (exact) mass is 507 g/mol. The Kier molecular flexibility index (Phi) is 8.69. The number of aromatic nitrogens is 1. The number of ketones is 1. The molecule has 2 aliphatic rings. The van der Waals surface area contributed by atoms with E-state index in [1.54, 1.807) is 32.3 Å². The fraction of sp³-hybridized carbons (Fsp3) is 0.517. The third kappa shape index (κ3) is 5.90. The summed E-state index contributed by atoms with van der Waals surface area (Å²) in [6.07, 6.45) is 7.94. The van der Waals surface area contributed by atoms with Gasteiger partial charge in [-0.15, -0.1) is 0 Å². The van der Waals surface area contributed by atoms with Crippen molar-refractivity contribution in [3.8, 4) is 0 Å². The van der Waals surface area contributed by atoms with E-state index < -0.39 is 18.0 Å². The molecule has 198 valence electrons. The van der Waals surface area contributed by atoms with E-state index in [1.807, 2.05) is 19.1 Å². The third-order valence-electron chi connectivity index (χ3n) is 7.92. The molecular weight excluding hydrogens is 469 g/mol. The Morgan fingerprint density at radius 1 is 1.19 bits per heavy atom. The summed E-state index contributed by atoms with van der Waals surface area (Å²) in [6, 6.07) is 7.56. The lowest BCUT2D eigenvalue weighted by Crippen LogP contribution is -2.53. The molecule has 1 aliphatic heterocycles. The molecule has 1 aromatic carbocycles. The molecule has 3 atom stereocenters.